The van der Waals surface area contributed by atoms with E-state index in [-0.39, 0.29) is 0 Å². The van der Waals surface area contributed by atoms with Gasteiger partial charge in [-0.1, -0.05) is 12.1 Å². The van der Waals surface area contributed by atoms with Gasteiger partial charge in [-0.2, -0.15) is 0 Å². The van der Waals surface area contributed by atoms with Crippen molar-refractivity contribution in [1.29, 1.82) is 0 Å². The number of piperidine rings is 1. The summed E-state index contributed by atoms with van der Waals surface area (Å²) in [7, 11) is 4.35. The lowest BCUT2D eigenvalue weighted by Gasteiger charge is -2.36. The van der Waals surface area contributed by atoms with Gasteiger partial charge in [0.15, 0.2) is 0 Å². The topological polar surface area (TPSA) is 45.4 Å². The number of benzene rings is 1. The molecule has 4 nitrogen and oxygen atoms in total. The van der Waals surface area contributed by atoms with Gasteiger partial charge < -0.3 is 15.5 Å². The Morgan fingerprint density at radius 1 is 1.29 bits per heavy atom. The molecule has 1 aliphatic heterocycles. The molecule has 0 saturated carbocycles. The first-order valence-electron chi connectivity index (χ1n) is 7.63. The number of aryl methyl sites for hydroxylation is 1. The molecule has 0 amide bonds. The highest BCUT2D eigenvalue weighted by Gasteiger charge is 2.23. The summed E-state index contributed by atoms with van der Waals surface area (Å²) >= 11 is 0. The molecule has 1 saturated heterocycles. The lowest BCUT2D eigenvalue weighted by molar-refractivity contribution is 0.252. The quantitative estimate of drug-likeness (QED) is 0.861. The summed E-state index contributed by atoms with van der Waals surface area (Å²) in [5.74, 6) is 1.05. The van der Waals surface area contributed by atoms with Gasteiger partial charge in [0.2, 0.25) is 0 Å². The van der Waals surface area contributed by atoms with Gasteiger partial charge in [-0.25, -0.2) is 4.98 Å². The molecule has 0 radical (unpaired) electrons. The van der Waals surface area contributed by atoms with Gasteiger partial charge in [-0.05, 0) is 51.5 Å². The molecule has 3 rings (SSSR count). The number of likely N-dealkylation sites (tertiary alicyclic amines) is 1. The van der Waals surface area contributed by atoms with Crippen LogP contribution in [0.4, 0.5) is 11.5 Å². The third kappa shape index (κ3) is 2.56. The maximum atomic E-state index is 6.17. The van der Waals surface area contributed by atoms with Crippen LogP contribution in [0.1, 0.15) is 18.4 Å². The Morgan fingerprint density at radius 2 is 2.00 bits per heavy atom. The van der Waals surface area contributed by atoms with Crippen LogP contribution in [0.25, 0.3) is 10.8 Å². The standard InChI is InChI=1S/C17H24N4/c1-12-11-19-17(14-5-4-6-15(18)16(12)14)21(3)13-7-9-20(2)10-8-13/h4-6,11,13H,7-10,18H2,1-3H3. The van der Waals surface area contributed by atoms with E-state index in [1.807, 2.05) is 18.3 Å². The van der Waals surface area contributed by atoms with E-state index in [1.165, 1.54) is 12.8 Å². The highest BCUT2D eigenvalue weighted by atomic mass is 15.2. The highest BCUT2D eigenvalue weighted by molar-refractivity contribution is 6.01. The molecule has 2 heterocycles. The summed E-state index contributed by atoms with van der Waals surface area (Å²) in [6, 6.07) is 6.67. The lowest BCUT2D eigenvalue weighted by Crippen LogP contribution is -2.42. The average molecular weight is 284 g/mol. The molecule has 2 N–H and O–H groups in total. The zero-order valence-corrected chi connectivity index (χ0v) is 13.1. The van der Waals surface area contributed by atoms with Crippen molar-refractivity contribution in [2.75, 3.05) is 37.8 Å². The van der Waals surface area contributed by atoms with E-state index in [9.17, 15) is 0 Å². The molecular formula is C17H24N4. The number of fused-ring (bicyclic) bond motifs is 1. The van der Waals surface area contributed by atoms with Crippen molar-refractivity contribution in [1.82, 2.24) is 9.88 Å². The van der Waals surface area contributed by atoms with E-state index in [0.29, 0.717) is 6.04 Å². The van der Waals surface area contributed by atoms with Crippen LogP contribution < -0.4 is 10.6 Å². The molecular weight excluding hydrogens is 260 g/mol. The average Bonchev–Trinajstić information content (AvgIpc) is 2.48. The van der Waals surface area contributed by atoms with Crippen LogP contribution in [-0.2, 0) is 0 Å². The minimum absolute atomic E-state index is 0.557. The molecule has 1 aliphatic rings. The van der Waals surface area contributed by atoms with Crippen molar-refractivity contribution in [3.05, 3.63) is 30.0 Å². The van der Waals surface area contributed by atoms with Crippen molar-refractivity contribution in [2.45, 2.75) is 25.8 Å². The molecule has 4 heteroatoms. The Bertz CT molecular complexity index is 636. The second kappa shape index (κ2) is 5.53. The summed E-state index contributed by atoms with van der Waals surface area (Å²) in [5, 5.41) is 2.30. The van der Waals surface area contributed by atoms with Gasteiger partial charge in [0, 0.05) is 35.7 Å². The number of anilines is 2. The summed E-state index contributed by atoms with van der Waals surface area (Å²) in [6.45, 7) is 4.38. The molecule has 0 spiro atoms. The van der Waals surface area contributed by atoms with E-state index < -0.39 is 0 Å². The molecule has 1 aromatic carbocycles. The smallest absolute Gasteiger partial charge is 0.136 e. The van der Waals surface area contributed by atoms with Crippen LogP contribution in [0.15, 0.2) is 24.4 Å². The molecule has 0 bridgehead atoms. The van der Waals surface area contributed by atoms with E-state index in [1.54, 1.807) is 0 Å². The van der Waals surface area contributed by atoms with Crippen LogP contribution in [0, 0.1) is 6.92 Å². The summed E-state index contributed by atoms with van der Waals surface area (Å²) in [6.07, 6.45) is 4.32. The van der Waals surface area contributed by atoms with E-state index in [2.05, 4.69) is 36.9 Å². The third-order valence-corrected chi connectivity index (χ3v) is 4.68. The molecule has 0 aliphatic carbocycles. The number of hydrogen-bond acceptors (Lipinski definition) is 4. The number of nitrogen functional groups attached to an aromatic ring is 1. The first-order valence-corrected chi connectivity index (χ1v) is 7.63. The SMILES string of the molecule is Cc1cnc(N(C)C2CCN(C)CC2)c2cccc(N)c12. The lowest BCUT2D eigenvalue weighted by atomic mass is 10.0. The molecule has 112 valence electrons. The van der Waals surface area contributed by atoms with Gasteiger partial charge in [0.25, 0.3) is 0 Å². The first kappa shape index (κ1) is 14.1. The number of nitrogens with zero attached hydrogens (tertiary/aromatic N) is 3. The highest BCUT2D eigenvalue weighted by Crippen LogP contribution is 2.32. The Balaban J connectivity index is 2.00. The van der Waals surface area contributed by atoms with Crippen LogP contribution >= 0.6 is 0 Å². The predicted octanol–water partition coefficient (Wildman–Crippen LogP) is 2.66. The second-order valence-electron chi connectivity index (χ2n) is 6.18. The molecule has 21 heavy (non-hydrogen) atoms. The molecule has 0 unspecified atom stereocenters. The minimum atomic E-state index is 0.557. The normalized spacial score (nSPS) is 17.3. The Labute approximate surface area is 126 Å². The molecule has 1 fully saturated rings. The second-order valence-corrected chi connectivity index (χ2v) is 6.18. The number of rotatable bonds is 2. The van der Waals surface area contributed by atoms with E-state index in [0.717, 1.165) is 40.9 Å². The van der Waals surface area contributed by atoms with Crippen molar-refractivity contribution in [2.24, 2.45) is 0 Å². The fourth-order valence-corrected chi connectivity index (χ4v) is 3.32. The monoisotopic (exact) mass is 284 g/mol. The maximum Gasteiger partial charge on any atom is 0.136 e. The van der Waals surface area contributed by atoms with Gasteiger partial charge in [-0.3, -0.25) is 0 Å². The Kier molecular flexibility index (Phi) is 3.72. The summed E-state index contributed by atoms with van der Waals surface area (Å²) in [5.41, 5.74) is 8.15. The van der Waals surface area contributed by atoms with Gasteiger partial charge in [-0.15, -0.1) is 0 Å². The summed E-state index contributed by atoms with van der Waals surface area (Å²) in [4.78, 5) is 9.43. The number of nitrogens with two attached hydrogens (primary N) is 1. The van der Waals surface area contributed by atoms with Gasteiger partial charge in [0.1, 0.15) is 5.82 Å². The molecule has 1 aromatic heterocycles. The van der Waals surface area contributed by atoms with Crippen LogP contribution in [-0.4, -0.2) is 43.1 Å². The fraction of sp³-hybridized carbons (Fsp3) is 0.471. The van der Waals surface area contributed by atoms with Gasteiger partial charge in [0.05, 0.1) is 0 Å². The van der Waals surface area contributed by atoms with Crippen molar-refractivity contribution >= 4 is 22.3 Å². The Hall–Kier alpha value is -1.81. The zero-order chi connectivity index (χ0) is 15.0. The van der Waals surface area contributed by atoms with Gasteiger partial charge >= 0.3 is 0 Å². The van der Waals surface area contributed by atoms with Crippen molar-refractivity contribution < 1.29 is 0 Å². The van der Waals surface area contributed by atoms with Crippen LogP contribution in [0.3, 0.4) is 0 Å². The largest absolute Gasteiger partial charge is 0.398 e. The Morgan fingerprint density at radius 3 is 2.71 bits per heavy atom. The van der Waals surface area contributed by atoms with E-state index in [4.69, 9.17) is 10.7 Å². The zero-order valence-electron chi connectivity index (χ0n) is 13.1. The molecule has 0 atom stereocenters. The first-order chi connectivity index (χ1) is 10.1. The number of aromatic nitrogens is 1. The predicted molar refractivity (Wildman–Crippen MR) is 89.8 cm³/mol. The number of pyridine rings is 1. The summed E-state index contributed by atoms with van der Waals surface area (Å²) < 4.78 is 0. The number of hydrogen-bond donors (Lipinski definition) is 1. The van der Waals surface area contributed by atoms with Crippen molar-refractivity contribution in [3.8, 4) is 0 Å². The maximum absolute atomic E-state index is 6.17. The minimum Gasteiger partial charge on any atom is -0.398 e. The fourth-order valence-electron chi connectivity index (χ4n) is 3.32. The third-order valence-electron chi connectivity index (χ3n) is 4.68. The van der Waals surface area contributed by atoms with Crippen LogP contribution in [0.5, 0.6) is 0 Å². The molecule has 2 aromatic rings. The van der Waals surface area contributed by atoms with Crippen LogP contribution in [0.2, 0.25) is 0 Å². The van der Waals surface area contributed by atoms with E-state index >= 15 is 0 Å². The van der Waals surface area contributed by atoms with Crippen molar-refractivity contribution in [3.63, 3.8) is 0 Å².